The first-order valence-electron chi connectivity index (χ1n) is 11.4. The minimum atomic E-state index is -2.82. The van der Waals surface area contributed by atoms with E-state index in [1.165, 1.54) is 35.4 Å². The summed E-state index contributed by atoms with van der Waals surface area (Å²) in [6.07, 6.45) is 8.25. The monoisotopic (exact) mass is 438 g/mol. The van der Waals surface area contributed by atoms with Crippen LogP contribution in [0.4, 0.5) is 8.78 Å². The van der Waals surface area contributed by atoms with E-state index >= 15 is 0 Å². The van der Waals surface area contributed by atoms with Crippen molar-refractivity contribution in [2.75, 3.05) is 0 Å². The highest BCUT2D eigenvalue weighted by Gasteiger charge is 2.53. The quantitative estimate of drug-likeness (QED) is 0.448. The molecule has 0 aromatic heterocycles. The Bertz CT molecular complexity index is 1050. The smallest absolute Gasteiger partial charge is 0.387 e. The molecule has 4 atom stereocenters. The molecule has 4 unspecified atom stereocenters. The molecule has 4 nitrogen and oxygen atoms in total. The predicted octanol–water partition coefficient (Wildman–Crippen LogP) is 6.32. The van der Waals surface area contributed by atoms with E-state index in [0.29, 0.717) is 23.5 Å². The van der Waals surface area contributed by atoms with Gasteiger partial charge in [0.15, 0.2) is 0 Å². The molecule has 5 rings (SSSR count). The van der Waals surface area contributed by atoms with E-state index in [1.54, 1.807) is 18.3 Å². The highest BCUT2D eigenvalue weighted by Crippen LogP contribution is 2.60. The van der Waals surface area contributed by atoms with Gasteiger partial charge in [-0.3, -0.25) is 0 Å². The highest BCUT2D eigenvalue weighted by atomic mass is 19.3. The Morgan fingerprint density at radius 2 is 1.91 bits per heavy atom. The average Bonchev–Trinajstić information content (AvgIpc) is 3.10. The summed E-state index contributed by atoms with van der Waals surface area (Å²) in [6.45, 7) is -0.463. The number of aromatic hydroxyl groups is 1. The molecule has 0 bridgehead atoms. The molecule has 0 amide bonds. The maximum atomic E-state index is 12.3. The van der Waals surface area contributed by atoms with Gasteiger partial charge in [-0.15, -0.1) is 0 Å². The molecule has 2 fully saturated rings. The van der Waals surface area contributed by atoms with Crippen LogP contribution in [0.1, 0.15) is 61.6 Å². The van der Waals surface area contributed by atoms with Crippen LogP contribution < -0.4 is 4.74 Å². The number of ether oxygens (including phenoxy) is 1. The largest absolute Gasteiger partial charge is 0.508 e. The van der Waals surface area contributed by atoms with E-state index < -0.39 is 6.61 Å². The molecular formula is C26H28F2N2O2. The van der Waals surface area contributed by atoms with Gasteiger partial charge in [-0.2, -0.15) is 19.0 Å². The molecule has 6 heteroatoms. The van der Waals surface area contributed by atoms with Crippen molar-refractivity contribution in [1.29, 1.82) is 0 Å². The van der Waals surface area contributed by atoms with Crippen LogP contribution >= 0.6 is 0 Å². The lowest BCUT2D eigenvalue weighted by molar-refractivity contribution is -0.0498. The lowest BCUT2D eigenvalue weighted by Crippen LogP contribution is -2.42. The van der Waals surface area contributed by atoms with Gasteiger partial charge >= 0.3 is 6.61 Å². The Balaban J connectivity index is 1.31. The Morgan fingerprint density at radius 3 is 2.69 bits per heavy atom. The van der Waals surface area contributed by atoms with Crippen LogP contribution in [0, 0.1) is 17.3 Å². The molecule has 32 heavy (non-hydrogen) atoms. The van der Waals surface area contributed by atoms with Crippen LogP contribution in [0.3, 0.4) is 0 Å². The van der Waals surface area contributed by atoms with Crippen LogP contribution in [0.15, 0.2) is 52.7 Å². The van der Waals surface area contributed by atoms with Crippen molar-refractivity contribution in [3.63, 3.8) is 0 Å². The normalized spacial score (nSPS) is 30.4. The third kappa shape index (κ3) is 3.80. The molecule has 3 aliphatic rings. The number of nitrogens with zero attached hydrogens (tertiary/aromatic N) is 2. The minimum absolute atomic E-state index is 0.0852. The SMILES string of the molecule is CC12CCC3c4ccc(O)cc4CCC3C1CCC2=NN=Cc1ccc(OC(F)F)cc1. The number of phenols is 1. The molecular weight excluding hydrogens is 410 g/mol. The molecule has 2 aromatic rings. The van der Waals surface area contributed by atoms with Gasteiger partial charge in [-0.25, -0.2) is 0 Å². The number of hydrogen-bond donors (Lipinski definition) is 1. The molecule has 0 radical (unpaired) electrons. The highest BCUT2D eigenvalue weighted by molar-refractivity contribution is 5.93. The fraction of sp³-hybridized carbons (Fsp3) is 0.462. The van der Waals surface area contributed by atoms with Crippen LogP contribution in [0.25, 0.3) is 0 Å². The van der Waals surface area contributed by atoms with Gasteiger partial charge in [0.1, 0.15) is 11.5 Å². The van der Waals surface area contributed by atoms with E-state index in [2.05, 4.69) is 27.9 Å². The Hall–Kier alpha value is -2.76. The first-order valence-corrected chi connectivity index (χ1v) is 11.4. The summed E-state index contributed by atoms with van der Waals surface area (Å²) >= 11 is 0. The summed E-state index contributed by atoms with van der Waals surface area (Å²) in [5.41, 5.74) is 4.82. The zero-order valence-electron chi connectivity index (χ0n) is 18.2. The summed E-state index contributed by atoms with van der Waals surface area (Å²) in [5.74, 6) is 2.35. The molecule has 0 aliphatic heterocycles. The van der Waals surface area contributed by atoms with Gasteiger partial charge in [0.2, 0.25) is 0 Å². The van der Waals surface area contributed by atoms with Crippen molar-refractivity contribution in [3.05, 3.63) is 59.2 Å². The number of aryl methyl sites for hydroxylation is 1. The van der Waals surface area contributed by atoms with Crippen LogP contribution in [0.2, 0.25) is 0 Å². The number of alkyl halides is 2. The molecule has 0 heterocycles. The Morgan fingerprint density at radius 1 is 1.09 bits per heavy atom. The van der Waals surface area contributed by atoms with Crippen molar-refractivity contribution in [2.45, 2.75) is 58.0 Å². The van der Waals surface area contributed by atoms with E-state index in [1.807, 2.05) is 12.1 Å². The van der Waals surface area contributed by atoms with Gasteiger partial charge in [0, 0.05) is 11.1 Å². The zero-order valence-corrected chi connectivity index (χ0v) is 18.2. The van der Waals surface area contributed by atoms with Crippen LogP contribution in [0.5, 0.6) is 11.5 Å². The molecule has 0 saturated heterocycles. The van der Waals surface area contributed by atoms with Crippen LogP contribution in [-0.4, -0.2) is 23.6 Å². The molecule has 1 N–H and O–H groups in total. The van der Waals surface area contributed by atoms with E-state index in [0.717, 1.165) is 37.7 Å². The van der Waals surface area contributed by atoms with Crippen molar-refractivity contribution >= 4 is 11.9 Å². The lowest BCUT2D eigenvalue weighted by atomic mass is 9.55. The number of fused-ring (bicyclic) bond motifs is 5. The summed E-state index contributed by atoms with van der Waals surface area (Å²) in [5, 5.41) is 18.8. The first kappa shape index (κ1) is 21.1. The van der Waals surface area contributed by atoms with Gasteiger partial charge in [-0.05, 0) is 109 Å². The second kappa shape index (κ2) is 8.30. The summed E-state index contributed by atoms with van der Waals surface area (Å²) < 4.78 is 29.0. The average molecular weight is 439 g/mol. The second-order valence-corrected chi connectivity index (χ2v) is 9.53. The number of benzene rings is 2. The summed E-state index contributed by atoms with van der Waals surface area (Å²) in [6, 6.07) is 12.3. The Kier molecular flexibility index (Phi) is 5.48. The fourth-order valence-electron chi connectivity index (χ4n) is 6.42. The van der Waals surface area contributed by atoms with E-state index in [4.69, 9.17) is 0 Å². The lowest BCUT2D eigenvalue weighted by Gasteiger charge is -2.49. The van der Waals surface area contributed by atoms with Crippen molar-refractivity contribution < 1.29 is 18.6 Å². The Labute approximate surface area is 187 Å². The molecule has 0 spiro atoms. The number of rotatable bonds is 4. The van der Waals surface area contributed by atoms with E-state index in [9.17, 15) is 13.9 Å². The maximum Gasteiger partial charge on any atom is 0.387 e. The second-order valence-electron chi connectivity index (χ2n) is 9.53. The van der Waals surface area contributed by atoms with Gasteiger partial charge < -0.3 is 9.84 Å². The third-order valence-electron chi connectivity index (χ3n) is 7.94. The maximum absolute atomic E-state index is 12.3. The van der Waals surface area contributed by atoms with Crippen molar-refractivity contribution in [2.24, 2.45) is 27.5 Å². The standard InChI is InChI=1S/C26H28F2N2O2/c1-26-13-12-21-20-9-5-18(31)14-17(20)4-8-22(21)23(26)10-11-24(26)30-29-15-16-2-6-19(7-3-16)32-25(27)28/h2-3,5-7,9,14-15,21-23,25,31H,4,8,10-13H2,1H3. The molecule has 2 saturated carbocycles. The van der Waals surface area contributed by atoms with Crippen molar-refractivity contribution in [1.82, 2.24) is 0 Å². The topological polar surface area (TPSA) is 54.2 Å². The fourth-order valence-corrected chi connectivity index (χ4v) is 6.42. The molecule has 3 aliphatic carbocycles. The summed E-state index contributed by atoms with van der Waals surface area (Å²) in [4.78, 5) is 0. The number of hydrogen-bond acceptors (Lipinski definition) is 4. The summed E-state index contributed by atoms with van der Waals surface area (Å²) in [7, 11) is 0. The van der Waals surface area contributed by atoms with Crippen LogP contribution in [-0.2, 0) is 6.42 Å². The zero-order chi connectivity index (χ0) is 22.3. The molecule has 168 valence electrons. The van der Waals surface area contributed by atoms with Gasteiger partial charge in [-0.1, -0.05) is 13.0 Å². The van der Waals surface area contributed by atoms with E-state index in [-0.39, 0.29) is 11.2 Å². The van der Waals surface area contributed by atoms with Gasteiger partial charge in [0.25, 0.3) is 0 Å². The third-order valence-corrected chi connectivity index (χ3v) is 7.94. The number of halogens is 2. The predicted molar refractivity (Wildman–Crippen MR) is 121 cm³/mol. The van der Waals surface area contributed by atoms with Crippen molar-refractivity contribution in [3.8, 4) is 11.5 Å². The first-order chi connectivity index (χ1) is 15.4. The minimum Gasteiger partial charge on any atom is -0.508 e. The number of phenolic OH excluding ortho intramolecular Hbond substituents is 1. The van der Waals surface area contributed by atoms with Gasteiger partial charge in [0.05, 0.1) is 6.21 Å². The molecule has 2 aromatic carbocycles.